The number of benzene rings is 1. The van der Waals surface area contributed by atoms with Gasteiger partial charge in [0.25, 0.3) is 0 Å². The van der Waals surface area contributed by atoms with Crippen molar-refractivity contribution in [2.75, 3.05) is 6.54 Å². The second kappa shape index (κ2) is 6.09. The molecule has 0 saturated heterocycles. The van der Waals surface area contributed by atoms with Gasteiger partial charge in [-0.3, -0.25) is 0 Å². The molecular weight excluding hydrogens is 278 g/mol. The van der Waals surface area contributed by atoms with Gasteiger partial charge in [0.1, 0.15) is 0 Å². The van der Waals surface area contributed by atoms with E-state index in [1.807, 2.05) is 0 Å². The maximum atomic E-state index is 4.13. The van der Waals surface area contributed by atoms with Crippen LogP contribution in [0.2, 0.25) is 0 Å². The van der Waals surface area contributed by atoms with Crippen LogP contribution in [0.15, 0.2) is 30.8 Å². The predicted octanol–water partition coefficient (Wildman–Crippen LogP) is 5.42. The molecule has 0 heterocycles. The van der Waals surface area contributed by atoms with E-state index in [1.54, 1.807) is 19.3 Å². The van der Waals surface area contributed by atoms with Crippen LogP contribution in [0.25, 0.3) is 5.57 Å². The summed E-state index contributed by atoms with van der Waals surface area (Å²) in [6.07, 6.45) is 10.2. The highest BCUT2D eigenvalue weighted by molar-refractivity contribution is 5.63. The summed E-state index contributed by atoms with van der Waals surface area (Å²) < 4.78 is 0. The monoisotopic (exact) mass is 309 g/mol. The van der Waals surface area contributed by atoms with Gasteiger partial charge in [0.05, 0.1) is 0 Å². The van der Waals surface area contributed by atoms with Crippen molar-refractivity contribution in [2.24, 2.45) is 23.2 Å². The van der Waals surface area contributed by atoms with E-state index in [4.69, 9.17) is 0 Å². The van der Waals surface area contributed by atoms with E-state index < -0.39 is 0 Å². The number of hydrogen-bond donors (Lipinski definition) is 1. The zero-order chi connectivity index (χ0) is 15.9. The molecule has 4 fully saturated rings. The molecule has 1 nitrogen and oxygen atoms in total. The van der Waals surface area contributed by atoms with Crippen LogP contribution in [0.1, 0.15) is 63.0 Å². The van der Waals surface area contributed by atoms with Gasteiger partial charge in [-0.05, 0) is 84.8 Å². The molecule has 1 heteroatoms. The maximum Gasteiger partial charge on any atom is 0.0205 e. The average Bonchev–Trinajstić information content (AvgIpc) is 2.53. The summed E-state index contributed by atoms with van der Waals surface area (Å²) >= 11 is 0. The van der Waals surface area contributed by atoms with E-state index in [-0.39, 0.29) is 0 Å². The Bertz CT molecular complexity index is 533. The van der Waals surface area contributed by atoms with Crippen LogP contribution in [0.5, 0.6) is 0 Å². The molecule has 0 radical (unpaired) electrons. The second-order valence-corrected chi connectivity index (χ2v) is 8.68. The van der Waals surface area contributed by atoms with E-state index in [2.05, 4.69) is 43.1 Å². The Morgan fingerprint density at radius 1 is 1.04 bits per heavy atom. The Kier molecular flexibility index (Phi) is 4.09. The van der Waals surface area contributed by atoms with E-state index in [1.165, 1.54) is 42.5 Å². The first kappa shape index (κ1) is 15.4. The van der Waals surface area contributed by atoms with Gasteiger partial charge in [-0.2, -0.15) is 0 Å². The standard InChI is InChI=1S/C22H31N/c1-3-16(2)21-6-4-17(5-7-21)14-23-15-22-11-18-8-19(12-22)10-20(9-18)13-22/h4-7,18-20,23H,2-3,8-15H2,1H3. The van der Waals surface area contributed by atoms with Gasteiger partial charge in [-0.1, -0.05) is 37.8 Å². The Morgan fingerprint density at radius 3 is 2.13 bits per heavy atom. The molecule has 1 aromatic carbocycles. The SMILES string of the molecule is C=C(CC)c1ccc(CNCC23CC4CC(CC(C4)C2)C3)cc1. The minimum Gasteiger partial charge on any atom is -0.312 e. The molecule has 0 amide bonds. The van der Waals surface area contributed by atoms with Crippen molar-refractivity contribution >= 4 is 5.57 Å². The highest BCUT2D eigenvalue weighted by Crippen LogP contribution is 2.59. The molecule has 1 N–H and O–H groups in total. The van der Waals surface area contributed by atoms with E-state index in [0.717, 1.165) is 30.7 Å². The fourth-order valence-electron chi connectivity index (χ4n) is 6.04. The van der Waals surface area contributed by atoms with Crippen LogP contribution in [-0.4, -0.2) is 6.54 Å². The molecule has 4 saturated carbocycles. The topological polar surface area (TPSA) is 12.0 Å². The maximum absolute atomic E-state index is 4.13. The molecule has 23 heavy (non-hydrogen) atoms. The van der Waals surface area contributed by atoms with Gasteiger partial charge in [-0.25, -0.2) is 0 Å². The van der Waals surface area contributed by atoms with Crippen molar-refractivity contribution < 1.29 is 0 Å². The number of rotatable bonds is 6. The highest BCUT2D eigenvalue weighted by atomic mass is 14.9. The largest absolute Gasteiger partial charge is 0.312 e. The fraction of sp³-hybridized carbons (Fsp3) is 0.636. The zero-order valence-corrected chi connectivity index (χ0v) is 14.6. The van der Waals surface area contributed by atoms with Gasteiger partial charge >= 0.3 is 0 Å². The van der Waals surface area contributed by atoms with Crippen molar-refractivity contribution in [1.29, 1.82) is 0 Å². The molecule has 0 spiro atoms. The first-order chi connectivity index (χ1) is 11.2. The third-order valence-electron chi connectivity index (χ3n) is 6.78. The lowest BCUT2D eigenvalue weighted by Gasteiger charge is -2.57. The molecule has 0 aliphatic heterocycles. The molecule has 0 unspecified atom stereocenters. The number of nitrogens with one attached hydrogen (secondary N) is 1. The smallest absolute Gasteiger partial charge is 0.0205 e. The summed E-state index contributed by atoms with van der Waals surface area (Å²) in [5.74, 6) is 3.17. The third kappa shape index (κ3) is 3.13. The van der Waals surface area contributed by atoms with Crippen LogP contribution in [0.3, 0.4) is 0 Å². The van der Waals surface area contributed by atoms with Gasteiger partial charge in [0, 0.05) is 13.1 Å². The lowest BCUT2D eigenvalue weighted by atomic mass is 9.49. The van der Waals surface area contributed by atoms with Gasteiger partial charge in [0.2, 0.25) is 0 Å². The molecule has 5 rings (SSSR count). The van der Waals surface area contributed by atoms with E-state index >= 15 is 0 Å². The lowest BCUT2D eigenvalue weighted by molar-refractivity contribution is -0.0514. The average molecular weight is 309 g/mol. The van der Waals surface area contributed by atoms with Crippen molar-refractivity contribution in [3.8, 4) is 0 Å². The summed E-state index contributed by atoms with van der Waals surface area (Å²) in [6, 6.07) is 8.99. The normalized spacial score (nSPS) is 34.7. The highest BCUT2D eigenvalue weighted by Gasteiger charge is 2.50. The van der Waals surface area contributed by atoms with Crippen LogP contribution < -0.4 is 5.32 Å². The van der Waals surface area contributed by atoms with E-state index in [0.29, 0.717) is 5.41 Å². The molecule has 124 valence electrons. The zero-order valence-electron chi connectivity index (χ0n) is 14.6. The van der Waals surface area contributed by atoms with Gasteiger partial charge in [-0.15, -0.1) is 0 Å². The molecule has 4 aliphatic carbocycles. The first-order valence-corrected chi connectivity index (χ1v) is 9.63. The number of hydrogen-bond acceptors (Lipinski definition) is 1. The predicted molar refractivity (Wildman–Crippen MR) is 98.1 cm³/mol. The minimum atomic E-state index is 0.644. The van der Waals surface area contributed by atoms with Gasteiger partial charge < -0.3 is 5.32 Å². The molecular formula is C22H31N. The lowest BCUT2D eigenvalue weighted by Crippen LogP contribution is -2.50. The third-order valence-corrected chi connectivity index (χ3v) is 6.78. The van der Waals surface area contributed by atoms with Crippen molar-refractivity contribution in [3.05, 3.63) is 42.0 Å². The fourth-order valence-corrected chi connectivity index (χ4v) is 6.04. The van der Waals surface area contributed by atoms with Crippen molar-refractivity contribution in [2.45, 2.75) is 58.4 Å². The quantitative estimate of drug-likeness (QED) is 0.740. The molecule has 0 aromatic heterocycles. The summed E-state index contributed by atoms with van der Waals surface area (Å²) in [6.45, 7) is 8.55. The van der Waals surface area contributed by atoms with Crippen LogP contribution in [0, 0.1) is 23.2 Å². The van der Waals surface area contributed by atoms with Crippen LogP contribution >= 0.6 is 0 Å². The van der Waals surface area contributed by atoms with Crippen LogP contribution in [0.4, 0.5) is 0 Å². The molecule has 0 atom stereocenters. The first-order valence-electron chi connectivity index (χ1n) is 9.63. The number of allylic oxidation sites excluding steroid dienone is 1. The molecule has 4 aliphatic rings. The Morgan fingerprint density at radius 2 is 1.61 bits per heavy atom. The Balaban J connectivity index is 1.33. The summed E-state index contributed by atoms with van der Waals surface area (Å²) in [4.78, 5) is 0. The molecule has 1 aromatic rings. The van der Waals surface area contributed by atoms with Gasteiger partial charge in [0.15, 0.2) is 0 Å². The van der Waals surface area contributed by atoms with Crippen molar-refractivity contribution in [3.63, 3.8) is 0 Å². The summed E-state index contributed by atoms with van der Waals surface area (Å²) in [5, 5.41) is 3.80. The second-order valence-electron chi connectivity index (χ2n) is 8.68. The Hall–Kier alpha value is -1.08. The van der Waals surface area contributed by atoms with E-state index in [9.17, 15) is 0 Å². The summed E-state index contributed by atoms with van der Waals surface area (Å²) in [7, 11) is 0. The van der Waals surface area contributed by atoms with Crippen LogP contribution in [-0.2, 0) is 6.54 Å². The van der Waals surface area contributed by atoms with Crippen molar-refractivity contribution in [1.82, 2.24) is 5.32 Å². The minimum absolute atomic E-state index is 0.644. The molecule has 4 bridgehead atoms. The Labute approximate surface area is 141 Å². The summed E-state index contributed by atoms with van der Waals surface area (Å²) in [5.41, 5.74) is 4.57.